The zero-order valence-corrected chi connectivity index (χ0v) is 8.17. The molecule has 0 bridgehead atoms. The van der Waals surface area contributed by atoms with Gasteiger partial charge in [-0.25, -0.2) is 4.79 Å². The van der Waals surface area contributed by atoms with Crippen LogP contribution in [0.2, 0.25) is 0 Å². The Balaban J connectivity index is 3.33. The molecule has 0 saturated carbocycles. The summed E-state index contributed by atoms with van der Waals surface area (Å²) >= 11 is 0. The Bertz CT molecular complexity index is 416. The standard InChI is InChI=1S/C8H9N3O4/c1-10(2)6-4-9-7(11(14)15)3-5(6)8(12)13/h3-4H,1-2H3,(H,12,13). The van der Waals surface area contributed by atoms with Crippen molar-refractivity contribution in [3.8, 4) is 0 Å². The van der Waals surface area contributed by atoms with Gasteiger partial charge in [0.25, 0.3) is 0 Å². The van der Waals surface area contributed by atoms with Gasteiger partial charge in [0.2, 0.25) is 0 Å². The fourth-order valence-corrected chi connectivity index (χ4v) is 1.06. The van der Waals surface area contributed by atoms with Crippen molar-refractivity contribution in [1.29, 1.82) is 0 Å². The molecule has 0 unspecified atom stereocenters. The Hall–Kier alpha value is -2.18. The van der Waals surface area contributed by atoms with E-state index < -0.39 is 16.7 Å². The van der Waals surface area contributed by atoms with Crippen LogP contribution in [0.25, 0.3) is 0 Å². The zero-order valence-electron chi connectivity index (χ0n) is 8.17. The molecule has 7 nitrogen and oxygen atoms in total. The van der Waals surface area contributed by atoms with Gasteiger partial charge in [-0.05, 0) is 9.91 Å². The summed E-state index contributed by atoms with van der Waals surface area (Å²) in [7, 11) is 3.27. The number of anilines is 1. The van der Waals surface area contributed by atoms with Gasteiger partial charge < -0.3 is 20.1 Å². The van der Waals surface area contributed by atoms with Crippen LogP contribution < -0.4 is 4.90 Å². The number of hydrogen-bond donors (Lipinski definition) is 1. The smallest absolute Gasteiger partial charge is 0.364 e. The lowest BCUT2D eigenvalue weighted by Crippen LogP contribution is -2.14. The number of carbonyl (C=O) groups is 1. The molecule has 1 heterocycles. The van der Waals surface area contributed by atoms with Crippen LogP contribution in [-0.2, 0) is 0 Å². The first-order valence-electron chi connectivity index (χ1n) is 3.98. The number of carboxylic acids is 1. The summed E-state index contributed by atoms with van der Waals surface area (Å²) < 4.78 is 0. The molecule has 0 atom stereocenters. The molecule has 15 heavy (non-hydrogen) atoms. The van der Waals surface area contributed by atoms with Crippen LogP contribution in [0, 0.1) is 10.1 Å². The maximum Gasteiger partial charge on any atom is 0.364 e. The van der Waals surface area contributed by atoms with Crippen LogP contribution in [0.5, 0.6) is 0 Å². The van der Waals surface area contributed by atoms with E-state index in [0.29, 0.717) is 5.69 Å². The monoisotopic (exact) mass is 211 g/mol. The van der Waals surface area contributed by atoms with E-state index in [9.17, 15) is 14.9 Å². The summed E-state index contributed by atoms with van der Waals surface area (Å²) in [4.78, 5) is 25.6. The average molecular weight is 211 g/mol. The number of nitro groups is 1. The number of rotatable bonds is 3. The van der Waals surface area contributed by atoms with Crippen molar-refractivity contribution in [2.75, 3.05) is 19.0 Å². The normalized spacial score (nSPS) is 9.73. The number of nitrogens with zero attached hydrogens (tertiary/aromatic N) is 3. The summed E-state index contributed by atoms with van der Waals surface area (Å²) in [6.45, 7) is 0. The highest BCUT2D eigenvalue weighted by atomic mass is 16.6. The van der Waals surface area contributed by atoms with Crippen LogP contribution in [-0.4, -0.2) is 35.1 Å². The molecule has 0 aliphatic carbocycles. The molecular weight excluding hydrogens is 202 g/mol. The highest BCUT2D eigenvalue weighted by Gasteiger charge is 2.19. The molecule has 1 rings (SSSR count). The van der Waals surface area contributed by atoms with Crippen molar-refractivity contribution in [2.45, 2.75) is 0 Å². The van der Waals surface area contributed by atoms with Crippen LogP contribution in [0.15, 0.2) is 12.3 Å². The van der Waals surface area contributed by atoms with E-state index in [-0.39, 0.29) is 5.56 Å². The minimum Gasteiger partial charge on any atom is -0.478 e. The summed E-state index contributed by atoms with van der Waals surface area (Å²) in [6, 6.07) is 0.942. The van der Waals surface area contributed by atoms with E-state index in [1.165, 1.54) is 11.1 Å². The molecule has 0 saturated heterocycles. The second kappa shape index (κ2) is 3.91. The molecule has 0 aliphatic heterocycles. The predicted molar refractivity (Wildman–Crippen MR) is 52.2 cm³/mol. The SMILES string of the molecule is CN(C)c1cnc([N+](=O)[O-])cc1C(=O)O. The van der Waals surface area contributed by atoms with Crippen LogP contribution in [0.3, 0.4) is 0 Å². The van der Waals surface area contributed by atoms with E-state index in [4.69, 9.17) is 5.11 Å². The number of aromatic nitrogens is 1. The first-order chi connectivity index (χ1) is 6.93. The minimum atomic E-state index is -1.22. The molecule has 0 fully saturated rings. The Morgan fingerprint density at radius 3 is 2.60 bits per heavy atom. The topological polar surface area (TPSA) is 96.6 Å². The lowest BCUT2D eigenvalue weighted by molar-refractivity contribution is -0.389. The molecule has 80 valence electrons. The Morgan fingerprint density at radius 1 is 1.60 bits per heavy atom. The van der Waals surface area contributed by atoms with Gasteiger partial charge in [0, 0.05) is 14.1 Å². The van der Waals surface area contributed by atoms with E-state index in [1.807, 2.05) is 0 Å². The van der Waals surface area contributed by atoms with Crippen LogP contribution >= 0.6 is 0 Å². The van der Waals surface area contributed by atoms with Gasteiger partial charge in [0.05, 0.1) is 17.3 Å². The van der Waals surface area contributed by atoms with Gasteiger partial charge in [-0.3, -0.25) is 0 Å². The molecule has 1 aromatic rings. The van der Waals surface area contributed by atoms with Gasteiger partial charge in [0.15, 0.2) is 6.20 Å². The van der Waals surface area contributed by atoms with Gasteiger partial charge in [0.1, 0.15) is 0 Å². The number of aromatic carboxylic acids is 1. The second-order valence-corrected chi connectivity index (χ2v) is 3.02. The Kier molecular flexibility index (Phi) is 2.84. The lowest BCUT2D eigenvalue weighted by atomic mass is 10.2. The van der Waals surface area contributed by atoms with Crippen molar-refractivity contribution >= 4 is 17.5 Å². The third-order valence-electron chi connectivity index (χ3n) is 1.77. The lowest BCUT2D eigenvalue weighted by Gasteiger charge is -2.12. The Morgan fingerprint density at radius 2 is 2.20 bits per heavy atom. The van der Waals surface area contributed by atoms with Crippen molar-refractivity contribution in [3.63, 3.8) is 0 Å². The fourth-order valence-electron chi connectivity index (χ4n) is 1.06. The van der Waals surface area contributed by atoms with E-state index in [0.717, 1.165) is 6.07 Å². The first-order valence-corrected chi connectivity index (χ1v) is 3.98. The van der Waals surface area contributed by atoms with Crippen molar-refractivity contribution in [2.24, 2.45) is 0 Å². The molecule has 0 spiro atoms. The summed E-state index contributed by atoms with van der Waals surface area (Å²) in [5, 5.41) is 19.2. The molecule has 1 N–H and O–H groups in total. The molecule has 0 aromatic carbocycles. The summed E-state index contributed by atoms with van der Waals surface area (Å²) in [5.74, 6) is -1.69. The van der Waals surface area contributed by atoms with Gasteiger partial charge in [-0.15, -0.1) is 0 Å². The average Bonchev–Trinajstić information content (AvgIpc) is 2.16. The molecule has 1 aromatic heterocycles. The fraction of sp³-hybridized carbons (Fsp3) is 0.250. The highest BCUT2D eigenvalue weighted by Crippen LogP contribution is 2.21. The van der Waals surface area contributed by atoms with E-state index in [1.54, 1.807) is 14.1 Å². The molecule has 0 amide bonds. The van der Waals surface area contributed by atoms with Crippen molar-refractivity contribution < 1.29 is 14.8 Å². The molecule has 0 radical (unpaired) electrons. The predicted octanol–water partition coefficient (Wildman–Crippen LogP) is 0.754. The third-order valence-corrected chi connectivity index (χ3v) is 1.77. The largest absolute Gasteiger partial charge is 0.478 e. The molecule has 7 heteroatoms. The Labute approximate surface area is 85.1 Å². The molecular formula is C8H9N3O4. The summed E-state index contributed by atoms with van der Waals surface area (Å²) in [6.07, 6.45) is 1.17. The van der Waals surface area contributed by atoms with Crippen molar-refractivity contribution in [3.05, 3.63) is 27.9 Å². The maximum absolute atomic E-state index is 10.8. The van der Waals surface area contributed by atoms with Gasteiger partial charge >= 0.3 is 11.8 Å². The number of pyridine rings is 1. The third kappa shape index (κ3) is 2.19. The van der Waals surface area contributed by atoms with E-state index in [2.05, 4.69) is 4.98 Å². The summed E-state index contributed by atoms with van der Waals surface area (Å²) in [5.41, 5.74) is 0.190. The quantitative estimate of drug-likeness (QED) is 0.585. The second-order valence-electron chi connectivity index (χ2n) is 3.02. The van der Waals surface area contributed by atoms with Crippen LogP contribution in [0.1, 0.15) is 10.4 Å². The number of hydrogen-bond acceptors (Lipinski definition) is 5. The minimum absolute atomic E-state index is 0.137. The van der Waals surface area contributed by atoms with Crippen molar-refractivity contribution in [1.82, 2.24) is 4.98 Å². The maximum atomic E-state index is 10.8. The molecule has 0 aliphatic rings. The highest BCUT2D eigenvalue weighted by molar-refractivity contribution is 5.94. The van der Waals surface area contributed by atoms with Gasteiger partial charge in [-0.2, -0.15) is 0 Å². The first kappa shape index (κ1) is 10.9. The van der Waals surface area contributed by atoms with Gasteiger partial charge in [-0.1, -0.05) is 0 Å². The zero-order chi connectivity index (χ0) is 11.6. The van der Waals surface area contributed by atoms with Crippen LogP contribution in [0.4, 0.5) is 11.5 Å². The number of carboxylic acid groups (broad SMARTS) is 1. The van der Waals surface area contributed by atoms with E-state index >= 15 is 0 Å².